The minimum atomic E-state index is -0.926. The van der Waals surface area contributed by atoms with Gasteiger partial charge in [-0.05, 0) is 24.5 Å². The van der Waals surface area contributed by atoms with Crippen LogP contribution in [0.2, 0.25) is 0 Å². The third-order valence-corrected chi connectivity index (χ3v) is 2.84. The Labute approximate surface area is 111 Å². The van der Waals surface area contributed by atoms with Gasteiger partial charge in [0, 0.05) is 25.7 Å². The van der Waals surface area contributed by atoms with Gasteiger partial charge in [-0.25, -0.2) is 0 Å². The first-order chi connectivity index (χ1) is 8.56. The van der Waals surface area contributed by atoms with Crippen molar-refractivity contribution in [1.82, 2.24) is 9.88 Å². The van der Waals surface area contributed by atoms with Crippen LogP contribution < -0.4 is 5.32 Å². The highest BCUT2D eigenvalue weighted by atomic mass is 35.5. The number of hydrogen-bond acceptors (Lipinski definition) is 2. The summed E-state index contributed by atoms with van der Waals surface area (Å²) >= 11 is 5.64. The first-order valence-electron chi connectivity index (χ1n) is 5.76. The van der Waals surface area contributed by atoms with E-state index in [-0.39, 0.29) is 18.9 Å². The topological polar surface area (TPSA) is 71.3 Å². The number of carbonyl (C=O) groups excluding carboxylic acids is 1. The van der Waals surface area contributed by atoms with E-state index in [1.54, 1.807) is 11.6 Å². The standard InChI is InChI=1S/C12H17ClN2O3/c1-15-8-5-9(3-2-6-13)11(15)12(18)14-7-4-10(16)17/h5,8H,2-4,6-7H2,1H3,(H,14,18)(H,16,17). The van der Waals surface area contributed by atoms with Gasteiger partial charge >= 0.3 is 5.97 Å². The third-order valence-electron chi connectivity index (χ3n) is 2.58. The Morgan fingerprint density at radius 3 is 2.83 bits per heavy atom. The lowest BCUT2D eigenvalue weighted by Gasteiger charge is -2.08. The Bertz CT molecular complexity index is 429. The lowest BCUT2D eigenvalue weighted by molar-refractivity contribution is -0.136. The average molecular weight is 273 g/mol. The summed E-state index contributed by atoms with van der Waals surface area (Å²) in [5.41, 5.74) is 1.51. The van der Waals surface area contributed by atoms with Crippen molar-refractivity contribution in [2.75, 3.05) is 12.4 Å². The summed E-state index contributed by atoms with van der Waals surface area (Å²) in [5, 5.41) is 11.1. The van der Waals surface area contributed by atoms with Gasteiger partial charge in [0.15, 0.2) is 0 Å². The average Bonchev–Trinajstić information content (AvgIpc) is 2.67. The van der Waals surface area contributed by atoms with Crippen LogP contribution >= 0.6 is 11.6 Å². The molecule has 2 N–H and O–H groups in total. The summed E-state index contributed by atoms with van der Waals surface area (Å²) in [7, 11) is 1.79. The molecule has 1 amide bonds. The van der Waals surface area contributed by atoms with Gasteiger partial charge in [0.05, 0.1) is 6.42 Å². The van der Waals surface area contributed by atoms with Crippen molar-refractivity contribution < 1.29 is 14.7 Å². The maximum Gasteiger partial charge on any atom is 0.305 e. The molecule has 0 bridgehead atoms. The molecule has 0 unspecified atom stereocenters. The van der Waals surface area contributed by atoms with Crippen molar-refractivity contribution >= 4 is 23.5 Å². The lowest BCUT2D eigenvalue weighted by atomic mass is 10.1. The van der Waals surface area contributed by atoms with Gasteiger partial charge in [-0.15, -0.1) is 11.6 Å². The first-order valence-corrected chi connectivity index (χ1v) is 6.30. The van der Waals surface area contributed by atoms with Gasteiger partial charge in [0.1, 0.15) is 5.69 Å². The van der Waals surface area contributed by atoms with Crippen LogP contribution in [0.1, 0.15) is 28.9 Å². The Morgan fingerprint density at radius 1 is 1.50 bits per heavy atom. The number of aliphatic carboxylic acids is 1. The molecular formula is C12H17ClN2O3. The molecule has 1 aromatic rings. The number of halogens is 1. The normalized spacial score (nSPS) is 10.3. The quantitative estimate of drug-likeness (QED) is 0.737. The Hall–Kier alpha value is -1.49. The molecule has 0 aliphatic rings. The molecule has 0 aliphatic heterocycles. The van der Waals surface area contributed by atoms with Crippen LogP contribution in [0.25, 0.3) is 0 Å². The maximum atomic E-state index is 11.9. The first kappa shape index (κ1) is 14.6. The monoisotopic (exact) mass is 272 g/mol. The van der Waals surface area contributed by atoms with E-state index in [0.29, 0.717) is 11.6 Å². The molecule has 0 aliphatic carbocycles. The minimum Gasteiger partial charge on any atom is -0.481 e. The fourth-order valence-corrected chi connectivity index (χ4v) is 1.85. The van der Waals surface area contributed by atoms with Crippen LogP contribution in [0.15, 0.2) is 12.3 Å². The zero-order valence-electron chi connectivity index (χ0n) is 10.3. The molecule has 18 heavy (non-hydrogen) atoms. The van der Waals surface area contributed by atoms with Gasteiger partial charge < -0.3 is 15.0 Å². The molecule has 0 spiro atoms. The van der Waals surface area contributed by atoms with E-state index >= 15 is 0 Å². The second-order valence-corrected chi connectivity index (χ2v) is 4.37. The number of carboxylic acid groups (broad SMARTS) is 1. The third kappa shape index (κ3) is 4.07. The second-order valence-electron chi connectivity index (χ2n) is 3.99. The number of carbonyl (C=O) groups is 2. The predicted octanol–water partition coefficient (Wildman–Crippen LogP) is 1.40. The SMILES string of the molecule is Cn1ccc(CCCCl)c1C(=O)NCCC(=O)O. The van der Waals surface area contributed by atoms with Crippen molar-refractivity contribution in [2.24, 2.45) is 7.05 Å². The number of rotatable bonds is 7. The molecule has 5 nitrogen and oxygen atoms in total. The van der Waals surface area contributed by atoms with E-state index in [2.05, 4.69) is 5.32 Å². The molecule has 0 aromatic carbocycles. The Balaban J connectivity index is 2.65. The Kier molecular flexibility index (Phi) is 5.71. The molecule has 6 heteroatoms. The zero-order chi connectivity index (χ0) is 13.5. The predicted molar refractivity (Wildman–Crippen MR) is 69.0 cm³/mol. The number of aromatic nitrogens is 1. The van der Waals surface area contributed by atoms with Crippen LogP contribution in [0, 0.1) is 0 Å². The van der Waals surface area contributed by atoms with Crippen LogP contribution in [0.4, 0.5) is 0 Å². The summed E-state index contributed by atoms with van der Waals surface area (Å²) in [4.78, 5) is 22.3. The van der Waals surface area contributed by atoms with Crippen LogP contribution in [-0.4, -0.2) is 34.0 Å². The van der Waals surface area contributed by atoms with E-state index < -0.39 is 5.97 Å². The summed E-state index contributed by atoms with van der Waals surface area (Å²) in [6.07, 6.45) is 3.29. The molecule has 0 fully saturated rings. The minimum absolute atomic E-state index is 0.0762. The smallest absolute Gasteiger partial charge is 0.305 e. The number of amides is 1. The van der Waals surface area contributed by atoms with Gasteiger partial charge in [0.25, 0.3) is 5.91 Å². The largest absolute Gasteiger partial charge is 0.481 e. The van der Waals surface area contributed by atoms with Gasteiger partial charge in [-0.3, -0.25) is 9.59 Å². The molecule has 100 valence electrons. The number of nitrogens with one attached hydrogen (secondary N) is 1. The molecule has 0 saturated heterocycles. The molecule has 1 heterocycles. The van der Waals surface area contributed by atoms with Crippen molar-refractivity contribution in [3.05, 3.63) is 23.5 Å². The molecule has 1 rings (SSSR count). The maximum absolute atomic E-state index is 11.9. The molecule has 0 atom stereocenters. The summed E-state index contributed by atoms with van der Waals surface area (Å²) in [6, 6.07) is 1.89. The molecule has 0 saturated carbocycles. The van der Waals surface area contributed by atoms with E-state index in [0.717, 1.165) is 18.4 Å². The van der Waals surface area contributed by atoms with Gasteiger partial charge in [-0.2, -0.15) is 0 Å². The molecule has 1 aromatic heterocycles. The number of nitrogens with zero attached hydrogens (tertiary/aromatic N) is 1. The van der Waals surface area contributed by atoms with Crippen LogP contribution in [0.3, 0.4) is 0 Å². The summed E-state index contributed by atoms with van der Waals surface area (Å²) in [6.45, 7) is 0.133. The van der Waals surface area contributed by atoms with E-state index in [1.165, 1.54) is 0 Å². The fraction of sp³-hybridized carbons (Fsp3) is 0.500. The van der Waals surface area contributed by atoms with Gasteiger partial charge in [-0.1, -0.05) is 0 Å². The van der Waals surface area contributed by atoms with Crippen molar-refractivity contribution in [1.29, 1.82) is 0 Å². The second kappa shape index (κ2) is 7.06. The lowest BCUT2D eigenvalue weighted by Crippen LogP contribution is -2.28. The summed E-state index contributed by atoms with van der Waals surface area (Å²) < 4.78 is 1.74. The fourth-order valence-electron chi connectivity index (χ4n) is 1.71. The molecule has 0 radical (unpaired) electrons. The molecular weight excluding hydrogens is 256 g/mol. The van der Waals surface area contributed by atoms with E-state index in [1.807, 2.05) is 12.3 Å². The van der Waals surface area contributed by atoms with Crippen LogP contribution in [0.5, 0.6) is 0 Å². The van der Waals surface area contributed by atoms with Crippen molar-refractivity contribution in [2.45, 2.75) is 19.3 Å². The highest BCUT2D eigenvalue weighted by Crippen LogP contribution is 2.12. The highest BCUT2D eigenvalue weighted by Gasteiger charge is 2.14. The van der Waals surface area contributed by atoms with Crippen LogP contribution in [-0.2, 0) is 18.3 Å². The van der Waals surface area contributed by atoms with E-state index in [9.17, 15) is 9.59 Å². The van der Waals surface area contributed by atoms with Gasteiger partial charge in [0.2, 0.25) is 0 Å². The summed E-state index contributed by atoms with van der Waals surface area (Å²) in [5.74, 6) is -0.618. The van der Waals surface area contributed by atoms with E-state index in [4.69, 9.17) is 16.7 Å². The zero-order valence-corrected chi connectivity index (χ0v) is 11.0. The Morgan fingerprint density at radius 2 is 2.22 bits per heavy atom. The number of alkyl halides is 1. The van der Waals surface area contributed by atoms with Crippen molar-refractivity contribution in [3.8, 4) is 0 Å². The number of hydrogen-bond donors (Lipinski definition) is 2. The highest BCUT2D eigenvalue weighted by molar-refractivity contribution is 6.17. The number of carboxylic acids is 1. The van der Waals surface area contributed by atoms with Crippen molar-refractivity contribution in [3.63, 3.8) is 0 Å². The number of aryl methyl sites for hydroxylation is 2.